The summed E-state index contributed by atoms with van der Waals surface area (Å²) >= 11 is 0. The van der Waals surface area contributed by atoms with E-state index in [1.807, 2.05) is 53.9 Å². The fraction of sp³-hybridized carbons (Fsp3) is 0.217. The maximum absolute atomic E-state index is 13.1. The number of benzene rings is 1. The van der Waals surface area contributed by atoms with Gasteiger partial charge in [-0.15, -0.1) is 0 Å². The van der Waals surface area contributed by atoms with E-state index in [2.05, 4.69) is 9.97 Å². The summed E-state index contributed by atoms with van der Waals surface area (Å²) in [4.78, 5) is 36.0. The van der Waals surface area contributed by atoms with E-state index in [-0.39, 0.29) is 5.91 Å². The minimum atomic E-state index is -0.524. The second-order valence-electron chi connectivity index (χ2n) is 7.63. The number of primary amides is 1. The van der Waals surface area contributed by atoms with E-state index in [0.717, 1.165) is 11.2 Å². The van der Waals surface area contributed by atoms with Crippen LogP contribution < -0.4 is 5.73 Å². The van der Waals surface area contributed by atoms with Gasteiger partial charge in [0.25, 0.3) is 5.91 Å². The monoisotopic (exact) mass is 415 g/mol. The lowest BCUT2D eigenvalue weighted by molar-refractivity contribution is -0.0247. The molecule has 0 radical (unpaired) electrons. The lowest BCUT2D eigenvalue weighted by Crippen LogP contribution is -2.42. The number of rotatable bonds is 3. The molecular formula is C23H21N5O3. The molecule has 1 aliphatic rings. The first-order valence-corrected chi connectivity index (χ1v) is 10.1. The number of nitrogens with two attached hydrogens (primary N) is 1. The standard InChI is InChI=1S/C23H21N5O3/c1-14-5-4-8-27-12-19(26-22(14)27)23(30)28-9-10-31-20(13-28)18-11-16(21(24)29)15-6-2-3-7-17(15)25-18/h2-8,11-12,20H,9-10,13H2,1H3,(H2,24,29)/t20-/m0/s1. The van der Waals surface area contributed by atoms with Crippen LogP contribution in [-0.2, 0) is 4.74 Å². The highest BCUT2D eigenvalue weighted by Gasteiger charge is 2.29. The van der Waals surface area contributed by atoms with Gasteiger partial charge in [0.2, 0.25) is 5.91 Å². The third-order valence-electron chi connectivity index (χ3n) is 5.58. The zero-order valence-corrected chi connectivity index (χ0v) is 17.0. The van der Waals surface area contributed by atoms with Crippen molar-refractivity contribution in [1.82, 2.24) is 19.3 Å². The van der Waals surface area contributed by atoms with E-state index in [1.165, 1.54) is 0 Å². The van der Waals surface area contributed by atoms with Crippen LogP contribution in [0.5, 0.6) is 0 Å². The van der Waals surface area contributed by atoms with Crippen molar-refractivity contribution >= 4 is 28.4 Å². The van der Waals surface area contributed by atoms with Gasteiger partial charge in [-0.05, 0) is 30.7 Å². The first-order chi connectivity index (χ1) is 15.0. The number of carbonyl (C=O) groups is 2. The molecule has 0 unspecified atom stereocenters. The number of ether oxygens (including phenoxy) is 1. The van der Waals surface area contributed by atoms with E-state index in [9.17, 15) is 9.59 Å². The summed E-state index contributed by atoms with van der Waals surface area (Å²) in [6.45, 7) is 3.10. The molecule has 0 aliphatic carbocycles. The topological polar surface area (TPSA) is 103 Å². The van der Waals surface area contributed by atoms with Crippen LogP contribution in [0.25, 0.3) is 16.6 Å². The number of hydrogen-bond acceptors (Lipinski definition) is 5. The molecule has 1 fully saturated rings. The first-order valence-electron chi connectivity index (χ1n) is 10.1. The van der Waals surface area contributed by atoms with Crippen molar-refractivity contribution in [2.24, 2.45) is 5.73 Å². The highest BCUT2D eigenvalue weighted by atomic mass is 16.5. The molecular weight excluding hydrogens is 394 g/mol. The minimum absolute atomic E-state index is 0.160. The Morgan fingerprint density at radius 1 is 1.16 bits per heavy atom. The van der Waals surface area contributed by atoms with Gasteiger partial charge in [0.15, 0.2) is 0 Å². The second-order valence-corrected chi connectivity index (χ2v) is 7.63. The van der Waals surface area contributed by atoms with Crippen LogP contribution in [0.3, 0.4) is 0 Å². The number of fused-ring (bicyclic) bond motifs is 2. The van der Waals surface area contributed by atoms with Gasteiger partial charge in [0.05, 0.1) is 29.9 Å². The molecule has 31 heavy (non-hydrogen) atoms. The fourth-order valence-electron chi connectivity index (χ4n) is 4.00. The van der Waals surface area contributed by atoms with Crippen molar-refractivity contribution in [3.05, 3.63) is 77.4 Å². The molecule has 1 aliphatic heterocycles. The molecule has 8 heteroatoms. The summed E-state index contributed by atoms with van der Waals surface area (Å²) < 4.78 is 7.76. The van der Waals surface area contributed by atoms with Gasteiger partial charge in [-0.3, -0.25) is 9.59 Å². The van der Waals surface area contributed by atoms with E-state index in [4.69, 9.17) is 10.5 Å². The summed E-state index contributed by atoms with van der Waals surface area (Å²) in [5, 5.41) is 0.697. The predicted molar refractivity (Wildman–Crippen MR) is 115 cm³/mol. The molecule has 0 bridgehead atoms. The molecule has 8 nitrogen and oxygen atoms in total. The zero-order valence-electron chi connectivity index (χ0n) is 17.0. The SMILES string of the molecule is Cc1cccn2cc(C(=O)N3CCO[C@H](c4cc(C(N)=O)c5ccccc5n4)C3)nc12. The number of imidazole rings is 1. The predicted octanol–water partition coefficient (Wildman–Crippen LogP) is 2.50. The number of hydrogen-bond donors (Lipinski definition) is 1. The summed E-state index contributed by atoms with van der Waals surface area (Å²) in [6.07, 6.45) is 3.16. The van der Waals surface area contributed by atoms with Crippen molar-refractivity contribution < 1.29 is 14.3 Å². The second kappa shape index (κ2) is 7.48. The molecule has 3 aromatic heterocycles. The van der Waals surface area contributed by atoms with Crippen LogP contribution in [0, 0.1) is 6.92 Å². The summed E-state index contributed by atoms with van der Waals surface area (Å²) in [5.74, 6) is -0.684. The average Bonchev–Trinajstić information content (AvgIpc) is 3.23. The van der Waals surface area contributed by atoms with Gasteiger partial charge in [-0.2, -0.15) is 0 Å². The first kappa shape index (κ1) is 19.2. The number of pyridine rings is 2. The van der Waals surface area contributed by atoms with Gasteiger partial charge < -0.3 is 19.8 Å². The molecule has 0 spiro atoms. The number of para-hydroxylation sites is 1. The summed E-state index contributed by atoms with van der Waals surface area (Å²) in [7, 11) is 0. The van der Waals surface area contributed by atoms with E-state index >= 15 is 0 Å². The average molecular weight is 415 g/mol. The van der Waals surface area contributed by atoms with E-state index in [0.29, 0.717) is 47.6 Å². The third kappa shape index (κ3) is 3.40. The van der Waals surface area contributed by atoms with Crippen LogP contribution >= 0.6 is 0 Å². The molecule has 4 heterocycles. The van der Waals surface area contributed by atoms with Gasteiger partial charge in [-0.25, -0.2) is 9.97 Å². The molecule has 0 saturated carbocycles. The van der Waals surface area contributed by atoms with Crippen molar-refractivity contribution in [3.8, 4) is 0 Å². The highest BCUT2D eigenvalue weighted by Crippen LogP contribution is 2.26. The van der Waals surface area contributed by atoms with Crippen LogP contribution in [0.1, 0.15) is 38.2 Å². The molecule has 156 valence electrons. The largest absolute Gasteiger partial charge is 0.368 e. The quantitative estimate of drug-likeness (QED) is 0.554. The number of aromatic nitrogens is 3. The minimum Gasteiger partial charge on any atom is -0.368 e. The maximum atomic E-state index is 13.1. The van der Waals surface area contributed by atoms with Crippen molar-refractivity contribution in [1.29, 1.82) is 0 Å². The maximum Gasteiger partial charge on any atom is 0.274 e. The number of amides is 2. The lowest BCUT2D eigenvalue weighted by atomic mass is 10.0. The Morgan fingerprint density at radius 3 is 2.81 bits per heavy atom. The molecule has 5 rings (SSSR count). The van der Waals surface area contributed by atoms with Crippen LogP contribution in [-0.4, -0.2) is 50.8 Å². The molecule has 1 atom stereocenters. The Hall–Kier alpha value is -3.78. The third-order valence-corrected chi connectivity index (χ3v) is 5.58. The molecule has 1 saturated heterocycles. The van der Waals surface area contributed by atoms with Crippen molar-refractivity contribution in [2.45, 2.75) is 13.0 Å². The van der Waals surface area contributed by atoms with Crippen LogP contribution in [0.15, 0.2) is 54.9 Å². The molecule has 2 N–H and O–H groups in total. The zero-order chi connectivity index (χ0) is 21.5. The number of carbonyl (C=O) groups excluding carboxylic acids is 2. The molecule has 2 amide bonds. The van der Waals surface area contributed by atoms with Crippen molar-refractivity contribution in [2.75, 3.05) is 19.7 Å². The Bertz CT molecular complexity index is 1330. The Labute approximate surface area is 178 Å². The molecule has 1 aromatic carbocycles. The normalized spacial score (nSPS) is 16.7. The van der Waals surface area contributed by atoms with Gasteiger partial charge in [0.1, 0.15) is 17.4 Å². The Balaban J connectivity index is 1.45. The number of aryl methyl sites for hydroxylation is 1. The van der Waals surface area contributed by atoms with Crippen molar-refractivity contribution in [3.63, 3.8) is 0 Å². The van der Waals surface area contributed by atoms with Gasteiger partial charge in [0, 0.05) is 24.3 Å². The fourth-order valence-corrected chi connectivity index (χ4v) is 4.00. The number of nitrogens with zero attached hydrogens (tertiary/aromatic N) is 4. The Morgan fingerprint density at radius 2 is 2.00 bits per heavy atom. The van der Waals surface area contributed by atoms with E-state index in [1.54, 1.807) is 17.2 Å². The van der Waals surface area contributed by atoms with E-state index < -0.39 is 12.0 Å². The number of morpholine rings is 1. The van der Waals surface area contributed by atoms with Gasteiger partial charge in [-0.1, -0.05) is 24.3 Å². The molecule has 4 aromatic rings. The summed E-state index contributed by atoms with van der Waals surface area (Å²) in [6, 6.07) is 12.9. The lowest BCUT2D eigenvalue weighted by Gasteiger charge is -2.32. The van der Waals surface area contributed by atoms with Crippen LogP contribution in [0.4, 0.5) is 0 Å². The smallest absolute Gasteiger partial charge is 0.274 e. The summed E-state index contributed by atoms with van der Waals surface area (Å²) in [5.41, 5.74) is 9.38. The van der Waals surface area contributed by atoms with Gasteiger partial charge >= 0.3 is 0 Å². The van der Waals surface area contributed by atoms with Crippen LogP contribution in [0.2, 0.25) is 0 Å². The highest BCUT2D eigenvalue weighted by molar-refractivity contribution is 6.05. The Kier molecular flexibility index (Phi) is 4.63.